The van der Waals surface area contributed by atoms with Crippen LogP contribution in [0.25, 0.3) is 0 Å². The number of Topliss-reactive ketones (excluding diaryl/α,β-unsaturated/α-hetero) is 1. The third kappa shape index (κ3) is 5.61. The summed E-state index contributed by atoms with van der Waals surface area (Å²) in [6.07, 6.45) is 4.37. The van der Waals surface area contributed by atoms with Crippen molar-refractivity contribution in [2.24, 2.45) is 45.8 Å². The van der Waals surface area contributed by atoms with Gasteiger partial charge in [-0.25, -0.2) is 9.59 Å². The summed E-state index contributed by atoms with van der Waals surface area (Å²) in [7, 11) is 1.96. The number of alkyl carbamates (subject to hydrolysis) is 1. The van der Waals surface area contributed by atoms with Crippen LogP contribution < -0.4 is 5.32 Å². The van der Waals surface area contributed by atoms with Crippen LogP contribution in [0.1, 0.15) is 80.1 Å². The number of amides is 2. The zero-order chi connectivity index (χ0) is 30.3. The van der Waals surface area contributed by atoms with E-state index in [0.29, 0.717) is 19.4 Å². The SMILES string of the molecule is CCOC(=O)C=C[C@]1(C)C[C@@H](OC(=O)NC(=O)[C@H]2CN(C)CC[C@@H]2C)[C@@]2(C)C3C(=O)CCC3(CC[C@H]2C)[C@@H](C)[C@@H]1O. The number of nitrogens with zero attached hydrogens (tertiary/aromatic N) is 1. The highest BCUT2D eigenvalue weighted by atomic mass is 16.6. The van der Waals surface area contributed by atoms with Crippen LogP contribution in [0.3, 0.4) is 0 Å². The minimum atomic E-state index is -0.955. The van der Waals surface area contributed by atoms with Crippen molar-refractivity contribution in [2.75, 3.05) is 26.7 Å². The Morgan fingerprint density at radius 3 is 2.54 bits per heavy atom. The third-order valence-electron chi connectivity index (χ3n) is 11.7. The Kier molecular flexibility index (Phi) is 9.11. The molecule has 1 heterocycles. The van der Waals surface area contributed by atoms with Crippen molar-refractivity contribution < 1.29 is 33.8 Å². The van der Waals surface area contributed by atoms with E-state index in [1.807, 2.05) is 27.8 Å². The zero-order valence-corrected chi connectivity index (χ0v) is 25.9. The quantitative estimate of drug-likeness (QED) is 0.371. The van der Waals surface area contributed by atoms with E-state index in [4.69, 9.17) is 9.47 Å². The van der Waals surface area contributed by atoms with Gasteiger partial charge in [0.2, 0.25) is 5.91 Å². The molecule has 4 rings (SSSR count). The highest BCUT2D eigenvalue weighted by Crippen LogP contribution is 2.68. The number of aliphatic hydroxyl groups is 1. The number of imide groups is 1. The largest absolute Gasteiger partial charge is 0.463 e. The predicted octanol–water partition coefficient (Wildman–Crippen LogP) is 4.12. The lowest BCUT2D eigenvalue weighted by Gasteiger charge is -2.61. The van der Waals surface area contributed by atoms with Crippen LogP contribution in [0.4, 0.5) is 4.79 Å². The molecule has 1 saturated heterocycles. The molecule has 3 saturated carbocycles. The van der Waals surface area contributed by atoms with Gasteiger partial charge in [-0.05, 0) is 75.8 Å². The molecule has 9 heteroatoms. The van der Waals surface area contributed by atoms with Gasteiger partial charge in [-0.1, -0.05) is 40.7 Å². The number of rotatable bonds is 5. The predicted molar refractivity (Wildman–Crippen MR) is 154 cm³/mol. The fourth-order valence-corrected chi connectivity index (χ4v) is 8.84. The molecule has 2 bridgehead atoms. The number of piperidine rings is 1. The molecule has 2 N–H and O–H groups in total. The van der Waals surface area contributed by atoms with E-state index in [1.165, 1.54) is 6.08 Å². The lowest BCUT2D eigenvalue weighted by atomic mass is 9.44. The molecule has 4 aliphatic rings. The molecule has 2 unspecified atom stereocenters. The Morgan fingerprint density at radius 2 is 1.85 bits per heavy atom. The number of hydrogen-bond acceptors (Lipinski definition) is 8. The second-order valence-corrected chi connectivity index (χ2v) is 14.0. The second-order valence-electron chi connectivity index (χ2n) is 14.0. The molecule has 0 aromatic carbocycles. The van der Waals surface area contributed by atoms with E-state index < -0.39 is 40.5 Å². The van der Waals surface area contributed by atoms with Crippen molar-refractivity contribution >= 4 is 23.8 Å². The van der Waals surface area contributed by atoms with Crippen molar-refractivity contribution in [3.8, 4) is 0 Å². The van der Waals surface area contributed by atoms with Gasteiger partial charge in [0.1, 0.15) is 11.9 Å². The molecular formula is C32H50N2O7. The van der Waals surface area contributed by atoms with E-state index in [-0.39, 0.29) is 54.3 Å². The van der Waals surface area contributed by atoms with Crippen LogP contribution in [0.2, 0.25) is 0 Å². The average molecular weight is 575 g/mol. The standard InChI is InChI=1S/C32H50N2O7/c1-8-40-25(36)11-13-30(5)17-24(41-29(39)33-28(38)22-18-34(7)16-12-19(22)2)31(6)20(3)9-14-32(21(4)27(30)37)15-10-23(35)26(31)32/h11,13,19-22,24,26-27,37H,8-10,12,14-18H2,1-7H3,(H,33,38,39)/t19-,20+,21-,22-,24+,26?,27-,30+,31-,32?/m0/s1. The lowest BCUT2D eigenvalue weighted by molar-refractivity contribution is -0.191. The van der Waals surface area contributed by atoms with Gasteiger partial charge >= 0.3 is 12.1 Å². The van der Waals surface area contributed by atoms with Gasteiger partial charge in [-0.3, -0.25) is 14.9 Å². The Hall–Kier alpha value is -2.26. The maximum Gasteiger partial charge on any atom is 0.414 e. The maximum atomic E-state index is 13.6. The van der Waals surface area contributed by atoms with Crippen molar-refractivity contribution in [3.05, 3.63) is 12.2 Å². The number of hydrogen-bond donors (Lipinski definition) is 2. The first-order chi connectivity index (χ1) is 19.2. The van der Waals surface area contributed by atoms with Gasteiger partial charge in [-0.15, -0.1) is 0 Å². The van der Waals surface area contributed by atoms with Gasteiger partial charge in [0.05, 0.1) is 18.6 Å². The number of ketones is 1. The van der Waals surface area contributed by atoms with E-state index in [2.05, 4.69) is 24.1 Å². The summed E-state index contributed by atoms with van der Waals surface area (Å²) in [6, 6.07) is 0. The van der Waals surface area contributed by atoms with Gasteiger partial charge in [-0.2, -0.15) is 0 Å². The Balaban J connectivity index is 1.71. The van der Waals surface area contributed by atoms with Crippen molar-refractivity contribution in [3.63, 3.8) is 0 Å². The molecular weight excluding hydrogens is 524 g/mol. The Bertz CT molecular complexity index is 1080. The van der Waals surface area contributed by atoms with Crippen LogP contribution in [0.5, 0.6) is 0 Å². The number of ether oxygens (including phenoxy) is 2. The summed E-state index contributed by atoms with van der Waals surface area (Å²) in [5.41, 5.74) is -2.10. The summed E-state index contributed by atoms with van der Waals surface area (Å²) in [4.78, 5) is 54.7. The highest BCUT2D eigenvalue weighted by Gasteiger charge is 2.68. The first-order valence-corrected chi connectivity index (χ1v) is 15.5. The summed E-state index contributed by atoms with van der Waals surface area (Å²) < 4.78 is 11.3. The molecule has 0 radical (unpaired) electrons. The highest BCUT2D eigenvalue weighted by molar-refractivity contribution is 5.93. The van der Waals surface area contributed by atoms with Crippen LogP contribution in [-0.4, -0.2) is 72.7 Å². The van der Waals surface area contributed by atoms with Crippen molar-refractivity contribution in [1.29, 1.82) is 0 Å². The van der Waals surface area contributed by atoms with E-state index >= 15 is 0 Å². The summed E-state index contributed by atoms with van der Waals surface area (Å²) in [6.45, 7) is 13.5. The van der Waals surface area contributed by atoms with Gasteiger partial charge in [0.25, 0.3) is 0 Å². The molecule has 0 aromatic rings. The first kappa shape index (κ1) is 31.7. The number of esters is 1. The monoisotopic (exact) mass is 574 g/mol. The van der Waals surface area contributed by atoms with Crippen LogP contribution in [0.15, 0.2) is 12.2 Å². The summed E-state index contributed by atoms with van der Waals surface area (Å²) >= 11 is 0. The molecule has 41 heavy (non-hydrogen) atoms. The average Bonchev–Trinajstić information content (AvgIpc) is 3.27. The second kappa shape index (κ2) is 11.8. The van der Waals surface area contributed by atoms with Crippen molar-refractivity contribution in [2.45, 2.75) is 92.3 Å². The zero-order valence-electron chi connectivity index (χ0n) is 25.9. The minimum Gasteiger partial charge on any atom is -0.463 e. The fraction of sp³-hybridized carbons (Fsp3) is 0.812. The molecule has 2 amide bonds. The number of carbonyl (C=O) groups is 4. The fourth-order valence-electron chi connectivity index (χ4n) is 8.84. The molecule has 9 nitrogen and oxygen atoms in total. The molecule has 0 aromatic heterocycles. The lowest BCUT2D eigenvalue weighted by Crippen LogP contribution is -2.63. The topological polar surface area (TPSA) is 122 Å². The Morgan fingerprint density at radius 1 is 1.15 bits per heavy atom. The number of carbonyl (C=O) groups excluding carboxylic acids is 4. The molecule has 0 spiro atoms. The van der Waals surface area contributed by atoms with E-state index in [9.17, 15) is 24.3 Å². The molecule has 1 aliphatic heterocycles. The van der Waals surface area contributed by atoms with Crippen LogP contribution in [-0.2, 0) is 23.9 Å². The molecule has 4 fully saturated rings. The van der Waals surface area contributed by atoms with Crippen LogP contribution >= 0.6 is 0 Å². The maximum absolute atomic E-state index is 13.6. The molecule has 3 aliphatic carbocycles. The van der Waals surface area contributed by atoms with Crippen LogP contribution in [0, 0.1) is 45.8 Å². The van der Waals surface area contributed by atoms with Gasteiger partial charge in [0.15, 0.2) is 0 Å². The van der Waals surface area contributed by atoms with Gasteiger partial charge in [0, 0.05) is 35.8 Å². The van der Waals surface area contributed by atoms with E-state index in [1.54, 1.807) is 13.0 Å². The Labute approximate surface area is 244 Å². The molecule has 10 atom stereocenters. The molecule has 230 valence electrons. The minimum absolute atomic E-state index is 0.0592. The first-order valence-electron chi connectivity index (χ1n) is 15.5. The number of likely N-dealkylation sites (tertiary alicyclic amines) is 1. The smallest absolute Gasteiger partial charge is 0.414 e. The summed E-state index contributed by atoms with van der Waals surface area (Å²) in [5, 5.41) is 14.4. The van der Waals surface area contributed by atoms with E-state index in [0.717, 1.165) is 25.8 Å². The summed E-state index contributed by atoms with van der Waals surface area (Å²) in [5.74, 6) is -1.42. The van der Waals surface area contributed by atoms with Crippen molar-refractivity contribution in [1.82, 2.24) is 10.2 Å². The number of aliphatic hydroxyl groups excluding tert-OH is 1. The normalized spacial score (nSPS) is 43.1. The third-order valence-corrected chi connectivity index (χ3v) is 11.7. The van der Waals surface area contributed by atoms with Gasteiger partial charge < -0.3 is 19.5 Å². The number of nitrogens with one attached hydrogen (secondary N) is 1.